The van der Waals surface area contributed by atoms with Crippen molar-refractivity contribution < 1.29 is 14.6 Å². The molecule has 1 atom stereocenters. The maximum absolute atomic E-state index is 11.8. The Balaban J connectivity index is 1.91. The van der Waals surface area contributed by atoms with Crippen LogP contribution in [0.25, 0.3) is 0 Å². The predicted octanol–water partition coefficient (Wildman–Crippen LogP) is 2.00. The lowest BCUT2D eigenvalue weighted by Gasteiger charge is -2.16. The van der Waals surface area contributed by atoms with Crippen LogP contribution in [-0.2, 0) is 18.0 Å². The molecular formula is C14H20N2O3. The first-order chi connectivity index (χ1) is 9.22. The van der Waals surface area contributed by atoms with Crippen molar-refractivity contribution in [2.45, 2.75) is 39.0 Å². The number of rotatable bonds is 5. The van der Waals surface area contributed by atoms with Gasteiger partial charge in [-0.2, -0.15) is 0 Å². The maximum Gasteiger partial charge on any atom is 0.319 e. The zero-order chi connectivity index (χ0) is 13.7. The number of urea groups is 1. The molecule has 5 nitrogen and oxygen atoms in total. The molecule has 0 saturated heterocycles. The van der Waals surface area contributed by atoms with Gasteiger partial charge in [-0.1, -0.05) is 13.0 Å². The van der Waals surface area contributed by atoms with Crippen LogP contribution in [0.15, 0.2) is 18.2 Å². The molecule has 0 fully saturated rings. The van der Waals surface area contributed by atoms with E-state index in [0.29, 0.717) is 19.6 Å². The molecule has 2 amide bonds. The quantitative estimate of drug-likeness (QED) is 0.761. The zero-order valence-electron chi connectivity index (χ0n) is 11.1. The molecule has 1 aliphatic rings. The van der Waals surface area contributed by atoms with Crippen molar-refractivity contribution in [1.29, 1.82) is 0 Å². The van der Waals surface area contributed by atoms with Gasteiger partial charge < -0.3 is 20.5 Å². The Bertz CT molecular complexity index is 448. The fourth-order valence-corrected chi connectivity index (χ4v) is 2.14. The molecule has 1 heterocycles. The third-order valence-electron chi connectivity index (χ3n) is 3.28. The normalized spacial score (nSPS) is 14.8. The monoisotopic (exact) mass is 264 g/mol. The molecule has 0 saturated carbocycles. The molecule has 0 radical (unpaired) electrons. The summed E-state index contributed by atoms with van der Waals surface area (Å²) in [6.07, 6.45) is 1.37. The number of ether oxygens (including phenoxy) is 1. The summed E-state index contributed by atoms with van der Waals surface area (Å²) in [7, 11) is 0. The van der Waals surface area contributed by atoms with Gasteiger partial charge in [-0.25, -0.2) is 4.79 Å². The van der Waals surface area contributed by atoms with Crippen LogP contribution in [-0.4, -0.2) is 23.8 Å². The standard InChI is InChI=1S/C14H20N2O3/c1-2-12(5-6-17)15-14(18)16-13-4-3-10-8-19-9-11(10)7-13/h3-4,7,12,17H,2,5-6,8-9H2,1H3,(H2,15,16,18). The first-order valence-corrected chi connectivity index (χ1v) is 6.61. The number of nitrogens with one attached hydrogen (secondary N) is 2. The van der Waals surface area contributed by atoms with Crippen molar-refractivity contribution in [1.82, 2.24) is 5.32 Å². The van der Waals surface area contributed by atoms with Gasteiger partial charge in [-0.3, -0.25) is 0 Å². The van der Waals surface area contributed by atoms with E-state index in [1.54, 1.807) is 0 Å². The number of fused-ring (bicyclic) bond motifs is 1. The second kappa shape index (κ2) is 6.54. The maximum atomic E-state index is 11.8. The number of hydrogen-bond acceptors (Lipinski definition) is 3. The summed E-state index contributed by atoms with van der Waals surface area (Å²) < 4.78 is 5.33. The lowest BCUT2D eigenvalue weighted by molar-refractivity contribution is 0.134. The highest BCUT2D eigenvalue weighted by Crippen LogP contribution is 2.23. The lowest BCUT2D eigenvalue weighted by Crippen LogP contribution is -2.38. The number of carbonyl (C=O) groups excluding carboxylic acids is 1. The first-order valence-electron chi connectivity index (χ1n) is 6.61. The summed E-state index contributed by atoms with van der Waals surface area (Å²) in [4.78, 5) is 11.8. The van der Waals surface area contributed by atoms with Crippen molar-refractivity contribution in [3.8, 4) is 0 Å². The third kappa shape index (κ3) is 3.68. The van der Waals surface area contributed by atoms with E-state index in [9.17, 15) is 4.79 Å². The first kappa shape index (κ1) is 13.8. The van der Waals surface area contributed by atoms with Crippen LogP contribution < -0.4 is 10.6 Å². The summed E-state index contributed by atoms with van der Waals surface area (Å²) >= 11 is 0. The van der Waals surface area contributed by atoms with Gasteiger partial charge in [0, 0.05) is 18.3 Å². The topological polar surface area (TPSA) is 70.6 Å². The molecule has 1 aromatic carbocycles. The van der Waals surface area contributed by atoms with E-state index in [0.717, 1.165) is 17.7 Å². The molecular weight excluding hydrogens is 244 g/mol. The van der Waals surface area contributed by atoms with Crippen LogP contribution in [0.5, 0.6) is 0 Å². The highest BCUT2D eigenvalue weighted by atomic mass is 16.5. The summed E-state index contributed by atoms with van der Waals surface area (Å²) in [6, 6.07) is 5.56. The smallest absolute Gasteiger partial charge is 0.319 e. The Morgan fingerprint density at radius 2 is 2.21 bits per heavy atom. The Morgan fingerprint density at radius 1 is 1.42 bits per heavy atom. The summed E-state index contributed by atoms with van der Waals surface area (Å²) in [5.41, 5.74) is 3.07. The molecule has 0 bridgehead atoms. The van der Waals surface area contributed by atoms with Crippen LogP contribution in [0.4, 0.5) is 10.5 Å². The number of benzene rings is 1. The van der Waals surface area contributed by atoms with Gasteiger partial charge in [0.2, 0.25) is 0 Å². The second-order valence-electron chi connectivity index (χ2n) is 4.69. The van der Waals surface area contributed by atoms with Crippen LogP contribution >= 0.6 is 0 Å². The number of aliphatic hydroxyl groups is 1. The van der Waals surface area contributed by atoms with Crippen LogP contribution in [0.2, 0.25) is 0 Å². The van der Waals surface area contributed by atoms with Crippen molar-refractivity contribution in [2.24, 2.45) is 0 Å². The van der Waals surface area contributed by atoms with E-state index >= 15 is 0 Å². The Kier molecular flexibility index (Phi) is 4.76. The Labute approximate surface area is 113 Å². The van der Waals surface area contributed by atoms with Crippen molar-refractivity contribution in [2.75, 3.05) is 11.9 Å². The van der Waals surface area contributed by atoms with Gasteiger partial charge in [0.1, 0.15) is 0 Å². The second-order valence-corrected chi connectivity index (χ2v) is 4.69. The lowest BCUT2D eigenvalue weighted by atomic mass is 10.1. The number of hydrogen-bond donors (Lipinski definition) is 3. The number of carbonyl (C=O) groups is 1. The van der Waals surface area contributed by atoms with Gasteiger partial charge >= 0.3 is 6.03 Å². The minimum absolute atomic E-state index is 0.00256. The average Bonchev–Trinajstić information content (AvgIpc) is 2.85. The highest BCUT2D eigenvalue weighted by molar-refractivity contribution is 5.89. The minimum atomic E-state index is -0.237. The SMILES string of the molecule is CCC(CCO)NC(=O)Nc1ccc2c(c1)COC2. The molecule has 2 rings (SSSR count). The molecule has 3 N–H and O–H groups in total. The zero-order valence-corrected chi connectivity index (χ0v) is 11.1. The molecule has 1 aliphatic heterocycles. The van der Waals surface area contributed by atoms with Crippen molar-refractivity contribution in [3.05, 3.63) is 29.3 Å². The molecule has 5 heteroatoms. The van der Waals surface area contributed by atoms with E-state index < -0.39 is 0 Å². The average molecular weight is 264 g/mol. The molecule has 19 heavy (non-hydrogen) atoms. The largest absolute Gasteiger partial charge is 0.396 e. The predicted molar refractivity (Wildman–Crippen MR) is 72.9 cm³/mol. The summed E-state index contributed by atoms with van der Waals surface area (Å²) in [6.45, 7) is 3.31. The molecule has 0 aromatic heterocycles. The fraction of sp³-hybridized carbons (Fsp3) is 0.500. The van der Waals surface area contributed by atoms with Crippen LogP contribution in [0.3, 0.4) is 0 Å². The van der Waals surface area contributed by atoms with E-state index in [1.807, 2.05) is 25.1 Å². The van der Waals surface area contributed by atoms with Crippen LogP contribution in [0.1, 0.15) is 30.9 Å². The molecule has 1 unspecified atom stereocenters. The van der Waals surface area contributed by atoms with Gasteiger partial charge in [0.15, 0.2) is 0 Å². The summed E-state index contributed by atoms with van der Waals surface area (Å²) in [5.74, 6) is 0. The number of aliphatic hydroxyl groups excluding tert-OH is 1. The van der Waals surface area contributed by atoms with Crippen molar-refractivity contribution >= 4 is 11.7 Å². The van der Waals surface area contributed by atoms with Gasteiger partial charge in [-0.05, 0) is 36.1 Å². The minimum Gasteiger partial charge on any atom is -0.396 e. The van der Waals surface area contributed by atoms with E-state index in [4.69, 9.17) is 9.84 Å². The molecule has 0 spiro atoms. The third-order valence-corrected chi connectivity index (χ3v) is 3.28. The Hall–Kier alpha value is -1.59. The van der Waals surface area contributed by atoms with Gasteiger partial charge in [-0.15, -0.1) is 0 Å². The van der Waals surface area contributed by atoms with E-state index in [1.165, 1.54) is 5.56 Å². The number of anilines is 1. The van der Waals surface area contributed by atoms with Gasteiger partial charge in [0.25, 0.3) is 0 Å². The van der Waals surface area contributed by atoms with Crippen molar-refractivity contribution in [3.63, 3.8) is 0 Å². The molecule has 0 aliphatic carbocycles. The Morgan fingerprint density at radius 3 is 2.95 bits per heavy atom. The fourth-order valence-electron chi connectivity index (χ4n) is 2.14. The molecule has 104 valence electrons. The van der Waals surface area contributed by atoms with Crippen LogP contribution in [0, 0.1) is 0 Å². The van der Waals surface area contributed by atoms with Gasteiger partial charge in [0.05, 0.1) is 13.2 Å². The highest BCUT2D eigenvalue weighted by Gasteiger charge is 2.13. The number of amides is 2. The van der Waals surface area contributed by atoms with E-state index in [2.05, 4.69) is 10.6 Å². The molecule has 1 aromatic rings. The van der Waals surface area contributed by atoms with E-state index in [-0.39, 0.29) is 18.7 Å². The summed E-state index contributed by atoms with van der Waals surface area (Å²) in [5, 5.41) is 14.5.